The highest BCUT2D eigenvalue weighted by Gasteiger charge is 2.35. The van der Waals surface area contributed by atoms with Crippen LogP contribution < -0.4 is 10.6 Å². The van der Waals surface area contributed by atoms with Gasteiger partial charge in [-0.3, -0.25) is 9.59 Å². The summed E-state index contributed by atoms with van der Waals surface area (Å²) in [5, 5.41) is 17.6. The number of phenols is 1. The van der Waals surface area contributed by atoms with Gasteiger partial charge in [-0.05, 0) is 67.8 Å². The van der Waals surface area contributed by atoms with E-state index in [1.165, 1.54) is 17.0 Å². The first kappa shape index (κ1) is 31.8. The van der Waals surface area contributed by atoms with E-state index in [4.69, 9.17) is 4.74 Å². The molecule has 0 aliphatic heterocycles. The smallest absolute Gasteiger partial charge is 0.408 e. The Morgan fingerprint density at radius 2 is 1.63 bits per heavy atom. The second-order valence-electron chi connectivity index (χ2n) is 11.0. The van der Waals surface area contributed by atoms with E-state index in [9.17, 15) is 19.5 Å². The lowest BCUT2D eigenvalue weighted by Gasteiger charge is -2.34. The highest BCUT2D eigenvalue weighted by molar-refractivity contribution is 7.80. The van der Waals surface area contributed by atoms with Crippen molar-refractivity contribution in [2.45, 2.75) is 71.1 Å². The highest BCUT2D eigenvalue weighted by atomic mass is 32.1. The summed E-state index contributed by atoms with van der Waals surface area (Å²) in [4.78, 5) is 42.1. The van der Waals surface area contributed by atoms with Crippen molar-refractivity contribution < 1.29 is 24.2 Å². The number of amides is 3. The number of fused-ring (bicyclic) bond motifs is 1. The number of nitrogens with zero attached hydrogens (tertiary/aromatic N) is 1. The molecule has 0 spiro atoms. The summed E-state index contributed by atoms with van der Waals surface area (Å²) in [5.74, 6) is -0.805. The molecule has 0 aliphatic carbocycles. The van der Waals surface area contributed by atoms with E-state index in [1.807, 2.05) is 42.5 Å². The van der Waals surface area contributed by atoms with Crippen molar-refractivity contribution in [3.05, 3.63) is 72.3 Å². The number of phenolic OH excluding ortho intramolecular Hbond substituents is 1. The Hall–Kier alpha value is -3.72. The zero-order valence-electron chi connectivity index (χ0n) is 24.2. The van der Waals surface area contributed by atoms with E-state index in [1.54, 1.807) is 32.9 Å². The first-order valence-corrected chi connectivity index (χ1v) is 14.6. The van der Waals surface area contributed by atoms with Crippen LogP contribution in [0, 0.1) is 0 Å². The molecule has 3 aromatic carbocycles. The minimum absolute atomic E-state index is 0.0120. The van der Waals surface area contributed by atoms with E-state index in [0.29, 0.717) is 17.7 Å². The van der Waals surface area contributed by atoms with Gasteiger partial charge in [0.25, 0.3) is 5.91 Å². The number of alkyl carbamates (subject to hydrolysis) is 1. The van der Waals surface area contributed by atoms with Crippen LogP contribution in [0.4, 0.5) is 10.5 Å². The van der Waals surface area contributed by atoms with Crippen molar-refractivity contribution in [1.82, 2.24) is 10.2 Å². The third-order valence-corrected chi connectivity index (χ3v) is 6.86. The van der Waals surface area contributed by atoms with Crippen LogP contribution in [0.15, 0.2) is 66.7 Å². The third kappa shape index (κ3) is 9.42. The molecule has 3 rings (SSSR count). The summed E-state index contributed by atoms with van der Waals surface area (Å²) in [6.45, 7) is 7.60. The van der Waals surface area contributed by atoms with Gasteiger partial charge in [-0.2, -0.15) is 12.6 Å². The molecule has 0 fully saturated rings. The predicted molar refractivity (Wildman–Crippen MR) is 166 cm³/mol. The quantitative estimate of drug-likeness (QED) is 0.146. The number of rotatable bonds is 12. The number of nitrogens with one attached hydrogen (secondary N) is 2. The predicted octanol–water partition coefficient (Wildman–Crippen LogP) is 6.46. The normalized spacial score (nSPS) is 12.8. The molecule has 0 aromatic heterocycles. The van der Waals surface area contributed by atoms with Crippen LogP contribution in [-0.2, 0) is 14.3 Å². The van der Waals surface area contributed by atoms with Gasteiger partial charge in [-0.25, -0.2) is 4.79 Å². The summed E-state index contributed by atoms with van der Waals surface area (Å²) < 4.78 is 5.37. The van der Waals surface area contributed by atoms with Crippen molar-refractivity contribution in [2.24, 2.45) is 0 Å². The van der Waals surface area contributed by atoms with Gasteiger partial charge in [-0.1, -0.05) is 68.7 Å². The third-order valence-electron chi connectivity index (χ3n) is 6.49. The van der Waals surface area contributed by atoms with Crippen LogP contribution in [0.2, 0.25) is 0 Å². The van der Waals surface area contributed by atoms with E-state index >= 15 is 0 Å². The molecule has 9 heteroatoms. The monoisotopic (exact) mass is 579 g/mol. The fourth-order valence-corrected chi connectivity index (χ4v) is 4.77. The number of hydrogen-bond donors (Lipinski definition) is 4. The molecule has 3 amide bonds. The van der Waals surface area contributed by atoms with Crippen molar-refractivity contribution in [1.29, 1.82) is 0 Å². The molecule has 2 atom stereocenters. The zero-order valence-corrected chi connectivity index (χ0v) is 25.1. The van der Waals surface area contributed by atoms with Gasteiger partial charge in [0, 0.05) is 18.0 Å². The fraction of sp³-hybridized carbons (Fsp3) is 0.406. The largest absolute Gasteiger partial charge is 0.508 e. The van der Waals surface area contributed by atoms with Gasteiger partial charge in [0.1, 0.15) is 23.4 Å². The average Bonchev–Trinajstić information content (AvgIpc) is 2.92. The van der Waals surface area contributed by atoms with Crippen LogP contribution in [0.3, 0.4) is 0 Å². The molecule has 220 valence electrons. The molecule has 41 heavy (non-hydrogen) atoms. The number of benzene rings is 3. The lowest BCUT2D eigenvalue weighted by molar-refractivity contribution is -0.140. The second kappa shape index (κ2) is 14.8. The molecular formula is C32H41N3O5S. The van der Waals surface area contributed by atoms with Gasteiger partial charge in [0.05, 0.1) is 0 Å². The van der Waals surface area contributed by atoms with Gasteiger partial charge in [0.15, 0.2) is 0 Å². The molecular weight excluding hydrogens is 538 g/mol. The summed E-state index contributed by atoms with van der Waals surface area (Å²) in [6, 6.07) is 17.6. The average molecular weight is 580 g/mol. The number of aromatic hydroxyl groups is 1. The van der Waals surface area contributed by atoms with Crippen molar-refractivity contribution >= 4 is 47.0 Å². The molecule has 2 unspecified atom stereocenters. The molecule has 0 bridgehead atoms. The van der Waals surface area contributed by atoms with E-state index in [2.05, 4.69) is 30.2 Å². The second-order valence-corrected chi connectivity index (χ2v) is 11.4. The number of carbonyl (C=O) groups excluding carboxylic acids is 3. The minimum Gasteiger partial charge on any atom is -0.508 e. The van der Waals surface area contributed by atoms with Crippen LogP contribution >= 0.6 is 12.6 Å². The highest BCUT2D eigenvalue weighted by Crippen LogP contribution is 2.28. The number of ether oxygens (including phenoxy) is 1. The first-order valence-electron chi connectivity index (χ1n) is 14.0. The number of unbranched alkanes of at least 4 members (excludes halogenated alkanes) is 3. The van der Waals surface area contributed by atoms with Crippen LogP contribution in [0.1, 0.15) is 65.0 Å². The van der Waals surface area contributed by atoms with Crippen molar-refractivity contribution in [3.8, 4) is 5.75 Å². The Morgan fingerprint density at radius 3 is 2.27 bits per heavy atom. The fourth-order valence-electron chi connectivity index (χ4n) is 4.52. The number of hydrogen-bond acceptors (Lipinski definition) is 6. The maximum Gasteiger partial charge on any atom is 0.408 e. The van der Waals surface area contributed by atoms with Crippen LogP contribution in [0.5, 0.6) is 5.75 Å². The van der Waals surface area contributed by atoms with Gasteiger partial charge in [0.2, 0.25) is 5.91 Å². The van der Waals surface area contributed by atoms with Gasteiger partial charge in [-0.15, -0.1) is 0 Å². The zero-order chi connectivity index (χ0) is 30.0. The van der Waals surface area contributed by atoms with Crippen LogP contribution in [-0.4, -0.2) is 51.9 Å². The van der Waals surface area contributed by atoms with Gasteiger partial charge >= 0.3 is 6.09 Å². The summed E-state index contributed by atoms with van der Waals surface area (Å²) >= 11 is 4.34. The molecule has 3 aromatic rings. The first-order chi connectivity index (χ1) is 19.5. The Kier molecular flexibility index (Phi) is 11.5. The SMILES string of the molecule is CCCCCCN(C(=O)C(CS)NC(=O)OC(C)(C)C)C(C(=O)Nc1ccc2ccccc2c1)c1ccc(O)cc1. The van der Waals surface area contributed by atoms with Crippen molar-refractivity contribution in [2.75, 3.05) is 17.6 Å². The Labute approximate surface area is 247 Å². The topological polar surface area (TPSA) is 108 Å². The molecule has 0 radical (unpaired) electrons. The maximum atomic E-state index is 14.0. The lowest BCUT2D eigenvalue weighted by atomic mass is 10.0. The van der Waals surface area contributed by atoms with Crippen LogP contribution in [0.25, 0.3) is 10.8 Å². The maximum absolute atomic E-state index is 14.0. The summed E-state index contributed by atoms with van der Waals surface area (Å²) in [5.41, 5.74) is 0.371. The Bertz CT molecular complexity index is 1320. The Balaban J connectivity index is 1.98. The van der Waals surface area contributed by atoms with Crippen molar-refractivity contribution in [3.63, 3.8) is 0 Å². The van der Waals surface area contributed by atoms with E-state index in [-0.39, 0.29) is 18.0 Å². The number of thiol groups is 1. The molecule has 0 saturated carbocycles. The Morgan fingerprint density at radius 1 is 0.951 bits per heavy atom. The number of carbonyl (C=O) groups is 3. The molecule has 3 N–H and O–H groups in total. The van der Waals surface area contributed by atoms with E-state index in [0.717, 1.165) is 30.0 Å². The number of anilines is 1. The summed E-state index contributed by atoms with van der Waals surface area (Å²) in [7, 11) is 0. The minimum atomic E-state index is -1.03. The molecule has 0 heterocycles. The summed E-state index contributed by atoms with van der Waals surface area (Å²) in [6.07, 6.45) is 2.81. The molecule has 8 nitrogen and oxygen atoms in total. The lowest BCUT2D eigenvalue weighted by Crippen LogP contribution is -2.53. The molecule has 0 aliphatic rings. The van der Waals surface area contributed by atoms with E-state index < -0.39 is 35.6 Å². The van der Waals surface area contributed by atoms with Gasteiger partial charge < -0.3 is 25.4 Å². The molecule has 0 saturated heterocycles. The standard InChI is InChI=1S/C32H41N3O5S/c1-5-6-7-10-19-35(30(38)27(21-41)34-31(39)40-32(2,3)4)28(23-14-17-26(36)18-15-23)29(37)33-25-16-13-22-11-8-9-12-24(22)20-25/h8-9,11-18,20,27-28,36,41H,5-7,10,19,21H2,1-4H3,(H,33,37)(H,34,39).